The van der Waals surface area contributed by atoms with Crippen molar-refractivity contribution < 1.29 is 19.1 Å². The van der Waals surface area contributed by atoms with Gasteiger partial charge in [0.15, 0.2) is 5.78 Å². The number of phenols is 1. The van der Waals surface area contributed by atoms with Crippen molar-refractivity contribution in [3.05, 3.63) is 112 Å². The van der Waals surface area contributed by atoms with E-state index in [9.17, 15) is 5.11 Å². The number of fused-ring (bicyclic) bond motifs is 9. The molecule has 2 saturated heterocycles. The van der Waals surface area contributed by atoms with Gasteiger partial charge in [0.2, 0.25) is 0 Å². The highest BCUT2D eigenvalue weighted by Gasteiger charge is 2.82. The lowest BCUT2D eigenvalue weighted by Gasteiger charge is -2.48. The highest BCUT2D eigenvalue weighted by Crippen LogP contribution is 2.77. The first-order valence-electron chi connectivity index (χ1n) is 16.8. The number of carbonyl (C=O) groups is 2. The Balaban J connectivity index is 1.25. The van der Waals surface area contributed by atoms with E-state index in [0.29, 0.717) is 35.1 Å². The monoisotopic (exact) mass is 629 g/mol. The molecule has 0 aromatic heterocycles. The van der Waals surface area contributed by atoms with Crippen molar-refractivity contribution in [1.82, 2.24) is 4.90 Å². The first-order chi connectivity index (χ1) is 22.3. The lowest BCUT2D eigenvalue weighted by Crippen LogP contribution is -2.58. The molecule has 0 radical (unpaired) electrons. The summed E-state index contributed by atoms with van der Waals surface area (Å²) in [4.78, 5) is 33.9. The zero-order chi connectivity index (χ0) is 31.2. The lowest BCUT2D eigenvalue weighted by atomic mass is 9.55. The number of benzene rings is 4. The van der Waals surface area contributed by atoms with Gasteiger partial charge in [0.05, 0.1) is 5.41 Å². The normalized spacial score (nSPS) is 37.2. The molecular weight excluding hydrogens is 594 g/mol. The predicted octanol–water partition coefficient (Wildman–Crippen LogP) is 7.97. The zero-order valence-corrected chi connectivity index (χ0v) is 26.7. The van der Waals surface area contributed by atoms with Crippen molar-refractivity contribution in [3.8, 4) is 5.75 Å². The van der Waals surface area contributed by atoms with Gasteiger partial charge in [-0.3, -0.25) is 14.5 Å². The van der Waals surface area contributed by atoms with E-state index in [1.54, 1.807) is 23.9 Å². The van der Waals surface area contributed by atoms with Crippen LogP contribution in [0.4, 0.5) is 4.39 Å². The molecule has 10 rings (SSSR count). The summed E-state index contributed by atoms with van der Waals surface area (Å²) in [5.74, 6) is 1.90. The van der Waals surface area contributed by atoms with Gasteiger partial charge in [0.1, 0.15) is 22.9 Å². The number of carbonyl (C=O) groups excluding carboxylic acids is 2. The van der Waals surface area contributed by atoms with Crippen LogP contribution >= 0.6 is 11.8 Å². The fourth-order valence-corrected chi connectivity index (χ4v) is 13.3. The summed E-state index contributed by atoms with van der Waals surface area (Å²) in [6.45, 7) is 2.19. The van der Waals surface area contributed by atoms with Crippen molar-refractivity contribution in [2.24, 2.45) is 22.7 Å². The summed E-state index contributed by atoms with van der Waals surface area (Å²) in [5.41, 5.74) is 1.88. The summed E-state index contributed by atoms with van der Waals surface area (Å²) in [7, 11) is 0. The molecule has 2 spiro atoms. The maximum absolute atomic E-state index is 16.2. The second-order valence-corrected chi connectivity index (χ2v) is 16.0. The van der Waals surface area contributed by atoms with Crippen molar-refractivity contribution in [1.29, 1.82) is 0 Å². The van der Waals surface area contributed by atoms with E-state index in [-0.39, 0.29) is 35.3 Å². The Morgan fingerprint density at radius 2 is 1.78 bits per heavy atom. The average molecular weight is 630 g/mol. The quantitative estimate of drug-likeness (QED) is 0.232. The molecule has 46 heavy (non-hydrogen) atoms. The predicted molar refractivity (Wildman–Crippen MR) is 178 cm³/mol. The molecular formula is C40H36FNO3S. The van der Waals surface area contributed by atoms with Crippen LogP contribution < -0.4 is 0 Å². The maximum atomic E-state index is 16.2. The molecule has 4 aliphatic carbocycles. The number of nitrogens with zero attached hydrogens (tertiary/aromatic N) is 1. The van der Waals surface area contributed by atoms with Crippen LogP contribution in [0.3, 0.4) is 0 Å². The van der Waals surface area contributed by atoms with Gasteiger partial charge in [-0.15, -0.1) is 11.8 Å². The number of halogens is 1. The smallest absolute Gasteiger partial charge is 0.189 e. The van der Waals surface area contributed by atoms with Crippen LogP contribution in [-0.2, 0) is 16.8 Å². The topological polar surface area (TPSA) is 57.6 Å². The molecule has 232 valence electrons. The molecule has 4 nitrogen and oxygen atoms in total. The van der Waals surface area contributed by atoms with E-state index < -0.39 is 22.3 Å². The van der Waals surface area contributed by atoms with Crippen molar-refractivity contribution >= 4 is 34.1 Å². The van der Waals surface area contributed by atoms with Crippen LogP contribution in [0.15, 0.2) is 78.9 Å². The molecule has 2 aliphatic heterocycles. The van der Waals surface area contributed by atoms with Crippen LogP contribution in [0.5, 0.6) is 5.75 Å². The number of phenolic OH excluding ortho intramolecular Hbond substituents is 1. The van der Waals surface area contributed by atoms with Gasteiger partial charge >= 0.3 is 0 Å². The van der Waals surface area contributed by atoms with Gasteiger partial charge in [-0.2, -0.15) is 0 Å². The number of hydrogen-bond acceptors (Lipinski definition) is 5. The fraction of sp³-hybridized carbons (Fsp3) is 0.400. The lowest BCUT2D eigenvalue weighted by molar-refractivity contribution is -0.139. The van der Waals surface area contributed by atoms with E-state index in [4.69, 9.17) is 0 Å². The summed E-state index contributed by atoms with van der Waals surface area (Å²) >= 11 is 1.80. The van der Waals surface area contributed by atoms with E-state index >= 15 is 14.0 Å². The minimum Gasteiger partial charge on any atom is -0.508 e. The highest BCUT2D eigenvalue weighted by molar-refractivity contribution is 7.99. The molecule has 4 fully saturated rings. The van der Waals surface area contributed by atoms with Crippen LogP contribution in [0.2, 0.25) is 0 Å². The van der Waals surface area contributed by atoms with Gasteiger partial charge in [-0.1, -0.05) is 67.6 Å². The molecule has 6 heteroatoms. The number of thioether (sulfide) groups is 1. The summed E-state index contributed by atoms with van der Waals surface area (Å²) in [5, 5.41) is 12.2. The van der Waals surface area contributed by atoms with Crippen LogP contribution in [0, 0.1) is 28.5 Å². The first kappa shape index (κ1) is 27.6. The van der Waals surface area contributed by atoms with E-state index in [1.807, 2.05) is 36.4 Å². The molecule has 8 atom stereocenters. The summed E-state index contributed by atoms with van der Waals surface area (Å²) in [6.07, 6.45) is 4.07. The van der Waals surface area contributed by atoms with Gasteiger partial charge < -0.3 is 5.11 Å². The second kappa shape index (κ2) is 9.11. The molecule has 0 amide bonds. The van der Waals surface area contributed by atoms with Gasteiger partial charge in [-0.05, 0) is 101 Å². The van der Waals surface area contributed by atoms with Crippen LogP contribution in [0.1, 0.15) is 77.1 Å². The third kappa shape index (κ3) is 2.99. The largest absolute Gasteiger partial charge is 0.508 e. The van der Waals surface area contributed by atoms with Gasteiger partial charge in [-0.25, -0.2) is 4.39 Å². The summed E-state index contributed by atoms with van der Waals surface area (Å²) < 4.78 is 16.2. The summed E-state index contributed by atoms with van der Waals surface area (Å²) in [6, 6.07) is 24.9. The minimum absolute atomic E-state index is 0.0299. The maximum Gasteiger partial charge on any atom is 0.189 e. The second-order valence-electron chi connectivity index (χ2n) is 15.0. The Morgan fingerprint density at radius 3 is 2.63 bits per heavy atom. The number of aromatic hydroxyl groups is 1. The van der Waals surface area contributed by atoms with Crippen LogP contribution in [0.25, 0.3) is 10.8 Å². The van der Waals surface area contributed by atoms with E-state index in [2.05, 4.69) is 36.1 Å². The zero-order valence-electron chi connectivity index (χ0n) is 25.8. The number of ketones is 2. The Labute approximate surface area is 272 Å². The Kier molecular flexibility index (Phi) is 5.47. The van der Waals surface area contributed by atoms with Crippen molar-refractivity contribution in [3.63, 3.8) is 0 Å². The third-order valence-electron chi connectivity index (χ3n) is 13.6. The highest BCUT2D eigenvalue weighted by atomic mass is 32.2. The van der Waals surface area contributed by atoms with E-state index in [1.165, 1.54) is 17.2 Å². The van der Waals surface area contributed by atoms with Gasteiger partial charge in [0, 0.05) is 34.6 Å². The molecule has 0 bridgehead atoms. The molecule has 1 unspecified atom stereocenters. The molecule has 4 aromatic rings. The van der Waals surface area contributed by atoms with Crippen molar-refractivity contribution in [2.75, 3.05) is 11.6 Å². The van der Waals surface area contributed by atoms with Gasteiger partial charge in [0.25, 0.3) is 0 Å². The SMILES string of the molecule is C[C@]12CC[C@@H]3c4ccc(O)cc4CC[C@H]3[C@@H]1C[C@@]1(C2=O)[C@@H](c2ccccc2F)C2CSCN2[C@@]12C(=O)c1cccc3cccc2c13. The molecule has 2 heterocycles. The Bertz CT molecular complexity index is 2020. The fourth-order valence-electron chi connectivity index (χ4n) is 12.0. The number of hydrogen-bond donors (Lipinski definition) is 1. The van der Waals surface area contributed by atoms with Crippen LogP contribution in [-0.4, -0.2) is 39.2 Å². The van der Waals surface area contributed by atoms with E-state index in [0.717, 1.165) is 47.8 Å². The minimum atomic E-state index is -1.18. The number of Topliss-reactive ketones (excluding diaryl/α,β-unsaturated/α-hetero) is 2. The first-order valence-corrected chi connectivity index (χ1v) is 18.0. The Morgan fingerprint density at radius 1 is 0.957 bits per heavy atom. The third-order valence-corrected chi connectivity index (χ3v) is 14.6. The molecule has 4 aromatic carbocycles. The average Bonchev–Trinajstić information content (AvgIpc) is 3.76. The Hall–Kier alpha value is -3.48. The molecule has 1 N–H and O–H groups in total. The van der Waals surface area contributed by atoms with Crippen molar-refractivity contribution in [2.45, 2.75) is 62.4 Å². The molecule has 6 aliphatic rings. The number of aryl methyl sites for hydroxylation is 1. The standard InChI is InChI=1S/C40H36FNO3S/c1-38-17-16-26-25-15-13-24(43)18-23(25)12-14-27(26)31(38)19-39(37(38)45)35(28-8-2-3-11-32(28)41)33-20-46-21-42(33)40(39)30-10-5-7-22-6-4-9-29(34(22)30)36(40)44/h2-11,13,15,18,26-27,31,33,35,43H,12,14,16-17,19-21H2,1H3/t26-,27-,31+,33?,35+,38+,39+,40+/m1/s1. The molecule has 2 saturated carbocycles. The number of rotatable bonds is 1.